The van der Waals surface area contributed by atoms with Gasteiger partial charge in [0.15, 0.2) is 0 Å². The van der Waals surface area contributed by atoms with E-state index < -0.39 is 0 Å². The van der Waals surface area contributed by atoms with Crippen molar-refractivity contribution in [1.82, 2.24) is 25.1 Å². The van der Waals surface area contributed by atoms with Gasteiger partial charge in [-0.1, -0.05) is 11.2 Å². The van der Waals surface area contributed by atoms with E-state index in [0.29, 0.717) is 17.0 Å². The lowest BCUT2D eigenvalue weighted by Crippen LogP contribution is -2.28. The van der Waals surface area contributed by atoms with E-state index in [2.05, 4.69) is 48.7 Å². The van der Waals surface area contributed by atoms with E-state index in [-0.39, 0.29) is 16.9 Å². The third-order valence-electron chi connectivity index (χ3n) is 4.44. The highest BCUT2D eigenvalue weighted by atomic mass is 19.1. The Hall–Kier alpha value is -3.29. The lowest BCUT2D eigenvalue weighted by molar-refractivity contribution is 0.628. The van der Waals surface area contributed by atoms with Crippen molar-refractivity contribution in [2.24, 2.45) is 0 Å². The summed E-state index contributed by atoms with van der Waals surface area (Å²) < 4.78 is 13.3. The molecule has 0 saturated carbocycles. The minimum atomic E-state index is -0.321. The van der Waals surface area contributed by atoms with Gasteiger partial charge in [-0.2, -0.15) is 0 Å². The molecule has 0 aliphatic heterocycles. The number of aromatic nitrogens is 5. The molecule has 0 fully saturated rings. The van der Waals surface area contributed by atoms with E-state index in [1.165, 1.54) is 12.1 Å². The first-order valence-electron chi connectivity index (χ1n) is 8.85. The van der Waals surface area contributed by atoms with Crippen LogP contribution in [-0.2, 0) is 5.11 Å². The molecule has 0 aliphatic carbocycles. The van der Waals surface area contributed by atoms with Gasteiger partial charge in [-0.25, -0.2) is 19.3 Å². The van der Waals surface area contributed by atoms with Crippen LogP contribution in [0, 0.1) is 5.82 Å². The summed E-state index contributed by atoms with van der Waals surface area (Å²) in [6.07, 6.45) is 1.58. The van der Waals surface area contributed by atoms with Gasteiger partial charge in [0.05, 0.1) is 29.1 Å². The molecule has 2 aromatic heterocycles. The molecule has 0 atom stereocenters. The maximum absolute atomic E-state index is 13.3. The topological polar surface area (TPSA) is 90.5 Å². The number of nitrogens with two attached hydrogens (primary N) is 1. The third-order valence-corrected chi connectivity index (χ3v) is 4.44. The average molecular weight is 368 g/mol. The van der Waals surface area contributed by atoms with E-state index >= 15 is 0 Å². The van der Waals surface area contributed by atoms with Crippen LogP contribution in [0.4, 0.5) is 10.3 Å². The Balaban J connectivity index is 1.95. The van der Waals surface area contributed by atoms with Crippen LogP contribution in [0.5, 0.6) is 0 Å². The third kappa shape index (κ3) is 3.33. The second kappa shape index (κ2) is 6.71. The van der Waals surface area contributed by atoms with Gasteiger partial charge < -0.3 is 5.73 Å². The van der Waals surface area contributed by atoms with E-state index in [1.807, 2.05) is 18.2 Å². The van der Waals surface area contributed by atoms with Crippen molar-refractivity contribution in [1.29, 1.82) is 0 Å². The molecule has 0 spiro atoms. The fourth-order valence-electron chi connectivity index (χ4n) is 3.14. The van der Waals surface area contributed by atoms with Gasteiger partial charge in [-0.15, -0.1) is 10.2 Å². The SMILES string of the molecule is BC(B)(B)c1ncnc2ccc(-c3nnc(N)nc3-c3ccc(F)cc3)cc12. The van der Waals surface area contributed by atoms with Crippen molar-refractivity contribution in [2.45, 2.75) is 5.11 Å². The summed E-state index contributed by atoms with van der Waals surface area (Å²) in [5.41, 5.74) is 10.2. The van der Waals surface area contributed by atoms with Crippen LogP contribution in [0.25, 0.3) is 33.4 Å². The number of anilines is 1. The molecule has 0 radical (unpaired) electrons. The number of benzene rings is 2. The van der Waals surface area contributed by atoms with Gasteiger partial charge in [0.25, 0.3) is 0 Å². The summed E-state index contributed by atoms with van der Waals surface area (Å²) >= 11 is 0. The van der Waals surface area contributed by atoms with Crippen LogP contribution in [0.3, 0.4) is 0 Å². The van der Waals surface area contributed by atoms with Crippen molar-refractivity contribution >= 4 is 40.4 Å². The van der Waals surface area contributed by atoms with E-state index in [1.54, 1.807) is 18.5 Å². The van der Waals surface area contributed by atoms with Gasteiger partial charge >= 0.3 is 0 Å². The molecular weight excluding hydrogens is 352 g/mol. The van der Waals surface area contributed by atoms with Crippen LogP contribution in [0.15, 0.2) is 48.8 Å². The zero-order chi connectivity index (χ0) is 19.9. The molecule has 28 heavy (non-hydrogen) atoms. The number of hydrogen-bond acceptors (Lipinski definition) is 6. The molecular formula is C18H16B3FN6. The van der Waals surface area contributed by atoms with Gasteiger partial charge in [-0.05, 0) is 36.4 Å². The number of rotatable bonds is 3. The summed E-state index contributed by atoms with van der Waals surface area (Å²) in [4.78, 5) is 13.2. The normalized spacial score (nSPS) is 11.6. The summed E-state index contributed by atoms with van der Waals surface area (Å²) in [7, 11) is 6.32. The van der Waals surface area contributed by atoms with Crippen molar-refractivity contribution in [3.63, 3.8) is 0 Å². The number of fused-ring (bicyclic) bond motifs is 1. The highest BCUT2D eigenvalue weighted by molar-refractivity contribution is 6.59. The van der Waals surface area contributed by atoms with Gasteiger partial charge in [0.1, 0.15) is 23.5 Å². The van der Waals surface area contributed by atoms with Gasteiger partial charge in [0.2, 0.25) is 5.95 Å². The smallest absolute Gasteiger partial charge is 0.240 e. The number of halogens is 1. The van der Waals surface area contributed by atoms with Crippen LogP contribution in [0.2, 0.25) is 0 Å². The summed E-state index contributed by atoms with van der Waals surface area (Å²) in [5.74, 6) is -0.263. The summed E-state index contributed by atoms with van der Waals surface area (Å²) in [6.45, 7) is 0. The fraction of sp³-hybridized carbons (Fsp3) is 0.0556. The molecule has 10 heteroatoms. The second-order valence-electron chi connectivity index (χ2n) is 7.58. The highest BCUT2D eigenvalue weighted by Crippen LogP contribution is 2.32. The van der Waals surface area contributed by atoms with Crippen molar-refractivity contribution in [2.75, 3.05) is 5.73 Å². The highest BCUT2D eigenvalue weighted by Gasteiger charge is 2.20. The lowest BCUT2D eigenvalue weighted by Gasteiger charge is -2.19. The number of nitrogen functional groups attached to an aromatic ring is 1. The van der Waals surface area contributed by atoms with Crippen molar-refractivity contribution < 1.29 is 4.39 Å². The molecule has 0 amide bonds. The van der Waals surface area contributed by atoms with Crippen LogP contribution < -0.4 is 5.73 Å². The first-order chi connectivity index (χ1) is 13.3. The first kappa shape index (κ1) is 18.1. The molecule has 0 aliphatic rings. The van der Waals surface area contributed by atoms with Crippen LogP contribution in [-0.4, -0.2) is 48.7 Å². The monoisotopic (exact) mass is 368 g/mol. The minimum Gasteiger partial charge on any atom is -0.366 e. The zero-order valence-corrected chi connectivity index (χ0v) is 15.8. The Morgan fingerprint density at radius 3 is 2.29 bits per heavy atom. The lowest BCUT2D eigenvalue weighted by atomic mass is 9.41. The van der Waals surface area contributed by atoms with E-state index in [4.69, 9.17) is 5.73 Å². The average Bonchev–Trinajstić information content (AvgIpc) is 2.67. The molecule has 6 nitrogen and oxygen atoms in total. The molecule has 2 heterocycles. The Morgan fingerprint density at radius 1 is 0.857 bits per heavy atom. The summed E-state index contributed by atoms with van der Waals surface area (Å²) in [6, 6.07) is 11.9. The van der Waals surface area contributed by atoms with Crippen LogP contribution in [0.1, 0.15) is 5.69 Å². The Bertz CT molecular complexity index is 1180. The van der Waals surface area contributed by atoms with E-state index in [0.717, 1.165) is 22.2 Å². The molecule has 4 rings (SSSR count). The van der Waals surface area contributed by atoms with Gasteiger partial charge in [-0.3, -0.25) is 0 Å². The molecule has 4 aromatic rings. The Kier molecular flexibility index (Phi) is 4.33. The zero-order valence-electron chi connectivity index (χ0n) is 15.8. The Labute approximate surface area is 164 Å². The molecule has 2 aromatic carbocycles. The van der Waals surface area contributed by atoms with Crippen LogP contribution >= 0.6 is 0 Å². The molecule has 0 unspecified atom stereocenters. The standard InChI is InChI=1S/C18H16B3FN6/c19-18(20,21)16-12-7-10(3-6-13(12)24-8-25-16)15-14(26-17(23)28-27-15)9-1-4-11(22)5-2-9/h1-8H,19-21H2,(H2,23,26,28). The molecule has 0 bridgehead atoms. The number of nitrogens with zero attached hydrogens (tertiary/aromatic N) is 5. The predicted octanol–water partition coefficient (Wildman–Crippen LogP) is -0.120. The maximum Gasteiger partial charge on any atom is 0.240 e. The molecule has 134 valence electrons. The maximum atomic E-state index is 13.3. The van der Waals surface area contributed by atoms with Crippen molar-refractivity contribution in [3.05, 3.63) is 60.3 Å². The molecule has 2 N–H and O–H groups in total. The molecule has 0 saturated heterocycles. The largest absolute Gasteiger partial charge is 0.366 e. The fourth-order valence-corrected chi connectivity index (χ4v) is 3.14. The predicted molar refractivity (Wildman–Crippen MR) is 115 cm³/mol. The summed E-state index contributed by atoms with van der Waals surface area (Å²) in [5, 5.41) is 8.99. The first-order valence-corrected chi connectivity index (χ1v) is 8.85. The quantitative estimate of drug-likeness (QED) is 0.508. The van der Waals surface area contributed by atoms with Gasteiger partial charge in [0, 0.05) is 22.2 Å². The van der Waals surface area contributed by atoms with Crippen molar-refractivity contribution in [3.8, 4) is 22.5 Å². The minimum absolute atomic E-state index is 0.0579. The second-order valence-corrected chi connectivity index (χ2v) is 7.58. The Morgan fingerprint density at radius 2 is 1.57 bits per heavy atom. The van der Waals surface area contributed by atoms with E-state index in [9.17, 15) is 4.39 Å². The number of hydrogen-bond donors (Lipinski definition) is 1.